The summed E-state index contributed by atoms with van der Waals surface area (Å²) in [5, 5.41) is 14.4. The van der Waals surface area contributed by atoms with Crippen LogP contribution in [0.15, 0.2) is 5.11 Å². The monoisotopic (exact) mass is 685 g/mol. The maximum Gasteiger partial charge on any atom is 0.410 e. The molecule has 1 amide bonds. The van der Waals surface area contributed by atoms with Gasteiger partial charge in [0.05, 0.1) is 23.9 Å². The molecule has 0 aromatic rings. The van der Waals surface area contributed by atoms with E-state index in [1.807, 2.05) is 0 Å². The molecule has 3 heterocycles. The summed E-state index contributed by atoms with van der Waals surface area (Å²) in [4.78, 5) is 58.9. The Labute approximate surface area is 280 Å². The highest BCUT2D eigenvalue weighted by Gasteiger charge is 2.59. The van der Waals surface area contributed by atoms with Crippen molar-refractivity contribution in [3.63, 3.8) is 0 Å². The molecule has 3 rings (SSSR count). The Bertz CT molecular complexity index is 1250. The van der Waals surface area contributed by atoms with Crippen LogP contribution in [0.1, 0.15) is 87.0 Å². The molecule has 16 heteroatoms. The number of amides is 1. The summed E-state index contributed by atoms with van der Waals surface area (Å²) in [5.74, 6) is -5.06. The number of Topliss-reactive ketones (excluding diaryl/α,β-unsaturated/α-hetero) is 2. The zero-order valence-corrected chi connectivity index (χ0v) is 29.2. The fourth-order valence-electron chi connectivity index (χ4n) is 7.18. The zero-order chi connectivity index (χ0) is 36.2. The van der Waals surface area contributed by atoms with Gasteiger partial charge in [-0.25, -0.2) is 14.0 Å². The van der Waals surface area contributed by atoms with Gasteiger partial charge in [0.15, 0.2) is 17.7 Å². The predicted molar refractivity (Wildman–Crippen MR) is 169 cm³/mol. The van der Waals surface area contributed by atoms with Gasteiger partial charge in [0.1, 0.15) is 18.0 Å². The van der Waals surface area contributed by atoms with Gasteiger partial charge in [0.2, 0.25) is 0 Å². The molecule has 3 fully saturated rings. The van der Waals surface area contributed by atoms with Gasteiger partial charge in [-0.3, -0.25) is 9.59 Å². The van der Waals surface area contributed by atoms with Crippen molar-refractivity contribution >= 4 is 23.6 Å². The number of ketones is 2. The van der Waals surface area contributed by atoms with Crippen molar-refractivity contribution < 1.29 is 52.4 Å². The number of rotatable bonds is 9. The minimum absolute atomic E-state index is 0.0237. The zero-order valence-electron chi connectivity index (χ0n) is 29.2. The average molecular weight is 686 g/mol. The molecule has 0 saturated carbocycles. The first-order valence-corrected chi connectivity index (χ1v) is 16.6. The Kier molecular flexibility index (Phi) is 13.0. The van der Waals surface area contributed by atoms with Gasteiger partial charge < -0.3 is 39.4 Å². The molecular formula is C32H52FN5O10. The number of alkyl halides is 1. The van der Waals surface area contributed by atoms with Crippen molar-refractivity contribution in [2.45, 2.75) is 147 Å². The number of nitrogens with zero attached hydrogens (tertiary/aromatic N) is 4. The van der Waals surface area contributed by atoms with E-state index in [0.717, 1.165) is 6.92 Å². The standard InChI is InChI=1S/C32H52FN5O10/c1-9-23-32(7)22(38(29(43)48-32)13-11-10-12-36-37-35)15-21(39)17(2)16-30(5,44-8)26(19(4)25(41)31(6,33)28(42)46-23)47-27-24(40)20(34)14-18(3)45-27/h17-20,22-24,26-27,40H,9-16,34H2,1-8H3/t17-,18?,19+,20?,22-,23-,24?,26-,27+,30-,31+,32+/m1/s1. The van der Waals surface area contributed by atoms with Crippen LogP contribution in [0.4, 0.5) is 9.18 Å². The normalized spacial score (nSPS) is 41.6. The first kappa shape index (κ1) is 39.6. The number of carbonyl (C=O) groups is 4. The van der Waals surface area contributed by atoms with Crippen LogP contribution in [-0.4, -0.2) is 113 Å². The lowest BCUT2D eigenvalue weighted by Crippen LogP contribution is -2.60. The van der Waals surface area contributed by atoms with E-state index in [-0.39, 0.29) is 38.1 Å². The van der Waals surface area contributed by atoms with Crippen molar-refractivity contribution in [2.75, 3.05) is 20.2 Å². The van der Waals surface area contributed by atoms with Crippen molar-refractivity contribution in [2.24, 2.45) is 22.7 Å². The van der Waals surface area contributed by atoms with Crippen molar-refractivity contribution in [1.29, 1.82) is 0 Å². The van der Waals surface area contributed by atoms with Crippen LogP contribution >= 0.6 is 0 Å². The third kappa shape index (κ3) is 8.11. The van der Waals surface area contributed by atoms with Crippen LogP contribution in [0.2, 0.25) is 0 Å². The van der Waals surface area contributed by atoms with E-state index in [1.165, 1.54) is 25.9 Å². The molecule has 272 valence electrons. The molecule has 0 radical (unpaired) electrons. The maximum absolute atomic E-state index is 16.5. The first-order chi connectivity index (χ1) is 22.4. The largest absolute Gasteiger partial charge is 0.455 e. The molecule has 12 atom stereocenters. The van der Waals surface area contributed by atoms with Gasteiger partial charge in [-0.1, -0.05) is 25.9 Å². The Morgan fingerprint density at radius 3 is 2.44 bits per heavy atom. The van der Waals surface area contributed by atoms with E-state index in [2.05, 4.69) is 10.0 Å². The van der Waals surface area contributed by atoms with Crippen LogP contribution in [0.3, 0.4) is 0 Å². The Morgan fingerprint density at radius 2 is 1.83 bits per heavy atom. The molecule has 0 bridgehead atoms. The smallest absolute Gasteiger partial charge is 0.410 e. The highest BCUT2D eigenvalue weighted by atomic mass is 19.1. The molecule has 15 nitrogen and oxygen atoms in total. The Morgan fingerprint density at radius 1 is 1.17 bits per heavy atom. The quantitative estimate of drug-likeness (QED) is 0.0895. The lowest BCUT2D eigenvalue weighted by Gasteiger charge is -2.45. The molecule has 0 aromatic heterocycles. The minimum atomic E-state index is -3.18. The fourth-order valence-corrected chi connectivity index (χ4v) is 7.18. The summed E-state index contributed by atoms with van der Waals surface area (Å²) in [5.41, 5.74) is 8.50. The van der Waals surface area contributed by atoms with E-state index >= 15 is 4.39 Å². The number of halogens is 1. The van der Waals surface area contributed by atoms with Crippen LogP contribution in [0.25, 0.3) is 10.4 Å². The van der Waals surface area contributed by atoms with Crippen LogP contribution in [-0.2, 0) is 38.1 Å². The fraction of sp³-hybridized carbons (Fsp3) is 0.875. The number of aliphatic hydroxyl groups is 1. The highest BCUT2D eigenvalue weighted by molar-refractivity contribution is 6.07. The molecule has 0 aromatic carbocycles. The molecule has 0 aliphatic carbocycles. The number of cyclic esters (lactones) is 1. The number of azide groups is 1. The number of hydrogen-bond acceptors (Lipinski definition) is 12. The number of esters is 1. The van der Waals surface area contributed by atoms with Gasteiger partial charge in [-0.15, -0.1) is 0 Å². The van der Waals surface area contributed by atoms with Crippen molar-refractivity contribution in [1.82, 2.24) is 4.90 Å². The minimum Gasteiger partial charge on any atom is -0.455 e. The van der Waals surface area contributed by atoms with Crippen LogP contribution in [0, 0.1) is 11.8 Å². The lowest BCUT2D eigenvalue weighted by atomic mass is 9.75. The van der Waals surface area contributed by atoms with Gasteiger partial charge in [0.25, 0.3) is 5.67 Å². The molecule has 0 spiro atoms. The molecule has 3 N–H and O–H groups in total. The van der Waals surface area contributed by atoms with E-state index < -0.39 is 89.3 Å². The van der Waals surface area contributed by atoms with Gasteiger partial charge in [0, 0.05) is 49.4 Å². The predicted octanol–water partition coefficient (Wildman–Crippen LogP) is 3.52. The number of hydrogen-bond donors (Lipinski definition) is 2. The second-order valence-corrected chi connectivity index (χ2v) is 13.9. The SMILES string of the molecule is CC[C@H]1OC(=O)[C@@](C)(F)C(=O)[C@H](C)[C@@H](O[C@@H]2OC(C)CC(N)C2O)[C@](C)(OC)C[C@@H](C)C(=O)C[C@H]2N(CCCCN=[N+]=[N-])C(=O)O[C@]12C. The number of ether oxygens (including phenoxy) is 5. The molecular weight excluding hydrogens is 633 g/mol. The van der Waals surface area contributed by atoms with E-state index in [4.69, 9.17) is 34.9 Å². The number of unbranched alkanes of at least 4 members (excludes halogenated alkanes) is 1. The third-order valence-corrected chi connectivity index (χ3v) is 10.2. The van der Waals surface area contributed by atoms with Crippen LogP contribution < -0.4 is 5.73 Å². The second kappa shape index (κ2) is 15.8. The topological polar surface area (TPSA) is 213 Å². The molecule has 3 saturated heterocycles. The van der Waals surface area contributed by atoms with E-state index in [1.54, 1.807) is 27.7 Å². The Hall–Kier alpha value is -2.88. The summed E-state index contributed by atoms with van der Waals surface area (Å²) in [7, 11) is 1.35. The summed E-state index contributed by atoms with van der Waals surface area (Å²) in [6.07, 6.45) is -5.23. The number of methoxy groups -OCH3 is 1. The average Bonchev–Trinajstić information content (AvgIpc) is 3.27. The Balaban J connectivity index is 2.09. The summed E-state index contributed by atoms with van der Waals surface area (Å²) < 4.78 is 46.0. The number of nitrogens with two attached hydrogens (primary N) is 1. The third-order valence-electron chi connectivity index (χ3n) is 10.2. The summed E-state index contributed by atoms with van der Waals surface area (Å²) >= 11 is 0. The van der Waals surface area contributed by atoms with E-state index in [0.29, 0.717) is 19.3 Å². The molecule has 48 heavy (non-hydrogen) atoms. The van der Waals surface area contributed by atoms with Crippen molar-refractivity contribution in [3.8, 4) is 0 Å². The van der Waals surface area contributed by atoms with Crippen LogP contribution in [0.5, 0.6) is 0 Å². The van der Waals surface area contributed by atoms with E-state index in [9.17, 15) is 24.3 Å². The van der Waals surface area contributed by atoms with Gasteiger partial charge in [-0.05, 0) is 65.3 Å². The summed E-state index contributed by atoms with van der Waals surface area (Å²) in [6.45, 7) is 10.7. The second-order valence-electron chi connectivity index (χ2n) is 13.9. The maximum atomic E-state index is 16.5. The number of aliphatic hydroxyl groups excluding tert-OH is 1. The van der Waals surface area contributed by atoms with Gasteiger partial charge in [-0.2, -0.15) is 0 Å². The lowest BCUT2D eigenvalue weighted by molar-refractivity contribution is -0.288. The molecule has 3 aliphatic rings. The number of carbonyl (C=O) groups excluding carboxylic acids is 4. The highest BCUT2D eigenvalue weighted by Crippen LogP contribution is 2.42. The summed E-state index contributed by atoms with van der Waals surface area (Å²) in [6, 6.07) is -1.63. The molecule has 3 unspecified atom stereocenters. The molecule has 3 aliphatic heterocycles. The number of fused-ring (bicyclic) bond motifs is 1. The first-order valence-electron chi connectivity index (χ1n) is 16.6. The van der Waals surface area contributed by atoms with Crippen molar-refractivity contribution in [3.05, 3.63) is 10.4 Å². The van der Waals surface area contributed by atoms with Gasteiger partial charge >= 0.3 is 12.1 Å².